The van der Waals surface area contributed by atoms with E-state index in [4.69, 9.17) is 9.47 Å². The second-order valence-electron chi connectivity index (χ2n) is 6.65. The molecular formula is C21H27FeNO4-6. The van der Waals surface area contributed by atoms with Gasteiger partial charge >= 0.3 is 12.1 Å². The number of esters is 1. The Balaban J connectivity index is 0.000000969. The van der Waals surface area contributed by atoms with Crippen molar-refractivity contribution in [2.45, 2.75) is 38.3 Å². The van der Waals surface area contributed by atoms with E-state index in [0.29, 0.717) is 5.56 Å². The first kappa shape index (κ1) is 24.7. The van der Waals surface area contributed by atoms with Gasteiger partial charge in [0.05, 0.1) is 7.11 Å². The summed E-state index contributed by atoms with van der Waals surface area (Å²) in [5, 5.41) is 2.63. The molecule has 2 aromatic carbocycles. The maximum atomic E-state index is 12.3. The van der Waals surface area contributed by atoms with Crippen molar-refractivity contribution < 1.29 is 36.1 Å². The van der Waals surface area contributed by atoms with Crippen molar-refractivity contribution in [2.24, 2.45) is 0 Å². The fourth-order valence-corrected chi connectivity index (χ4v) is 2.34. The molecule has 0 heterocycles. The summed E-state index contributed by atoms with van der Waals surface area (Å²) in [6.07, 6.45) is 1.07. The summed E-state index contributed by atoms with van der Waals surface area (Å²) in [7, 11) is 1.28. The van der Waals surface area contributed by atoms with Gasteiger partial charge in [0.25, 0.3) is 0 Å². The number of hydrogen-bond donors (Lipinski definition) is 1. The number of rotatable bonds is 5. The van der Waals surface area contributed by atoms with Crippen LogP contribution in [-0.2, 0) is 36.9 Å². The standard InChI is InChI=1S/C16H22NO4.C5H5.Fe/c1-6-11-16(13(18)20-5,12-9-7-8-10-12)17-14(19)21-15(2,3)4;1-2-4-5-3-1;/h6-10H,1,11H2,2-5H3,(H,17,19);1-5H;/q-1;-5;. The smallest absolute Gasteiger partial charge is 0.408 e. The molecule has 0 spiro atoms. The molecule has 2 aromatic rings. The Kier molecular flexibility index (Phi) is 10.4. The second kappa shape index (κ2) is 11.4. The molecule has 1 unspecified atom stereocenters. The summed E-state index contributed by atoms with van der Waals surface area (Å²) in [6, 6.07) is 17.1. The average Bonchev–Trinajstić information content (AvgIpc) is 3.27. The molecule has 0 fully saturated rings. The third-order valence-electron chi connectivity index (χ3n) is 3.41. The van der Waals surface area contributed by atoms with Gasteiger partial charge in [-0.25, -0.2) is 16.9 Å². The summed E-state index contributed by atoms with van der Waals surface area (Å²) in [6.45, 7) is 8.91. The van der Waals surface area contributed by atoms with Crippen LogP contribution in [0.25, 0.3) is 0 Å². The van der Waals surface area contributed by atoms with Crippen molar-refractivity contribution in [3.63, 3.8) is 0 Å². The van der Waals surface area contributed by atoms with E-state index < -0.39 is 23.2 Å². The number of carbonyl (C=O) groups excluding carboxylic acids is 2. The molecule has 27 heavy (non-hydrogen) atoms. The van der Waals surface area contributed by atoms with Crippen molar-refractivity contribution in [3.8, 4) is 0 Å². The number of amides is 1. The number of carbonyl (C=O) groups is 2. The van der Waals surface area contributed by atoms with Crippen LogP contribution in [0.3, 0.4) is 0 Å². The predicted octanol–water partition coefficient (Wildman–Crippen LogP) is 4.28. The van der Waals surface area contributed by atoms with E-state index in [0.717, 1.165) is 0 Å². The maximum absolute atomic E-state index is 12.3. The Hall–Kier alpha value is -2.30. The van der Waals surface area contributed by atoms with E-state index in [2.05, 4.69) is 11.9 Å². The van der Waals surface area contributed by atoms with Gasteiger partial charge in [-0.3, -0.25) is 4.79 Å². The van der Waals surface area contributed by atoms with Crippen LogP contribution in [0.1, 0.15) is 32.8 Å². The molecule has 0 aromatic heterocycles. The Morgan fingerprint density at radius 3 is 1.96 bits per heavy atom. The summed E-state index contributed by atoms with van der Waals surface area (Å²) >= 11 is 0. The summed E-state index contributed by atoms with van der Waals surface area (Å²) in [5.74, 6) is -0.570. The Bertz CT molecular complexity index is 654. The minimum absolute atomic E-state index is 0. The molecule has 1 amide bonds. The molecule has 5 nitrogen and oxygen atoms in total. The van der Waals surface area contributed by atoms with E-state index >= 15 is 0 Å². The first-order chi connectivity index (χ1) is 12.2. The minimum atomic E-state index is -1.33. The molecule has 0 radical (unpaired) electrons. The Morgan fingerprint density at radius 1 is 1.11 bits per heavy atom. The van der Waals surface area contributed by atoms with E-state index in [1.54, 1.807) is 51.1 Å². The molecule has 6 heteroatoms. The third-order valence-corrected chi connectivity index (χ3v) is 3.41. The summed E-state index contributed by atoms with van der Waals surface area (Å²) in [5.41, 5.74) is -1.37. The second-order valence-corrected chi connectivity index (χ2v) is 6.65. The summed E-state index contributed by atoms with van der Waals surface area (Å²) < 4.78 is 10.1. The van der Waals surface area contributed by atoms with Crippen LogP contribution in [0.5, 0.6) is 0 Å². The zero-order chi connectivity index (χ0) is 19.6. The molecule has 0 bridgehead atoms. The van der Waals surface area contributed by atoms with Crippen LogP contribution < -0.4 is 5.32 Å². The molecule has 2 rings (SSSR count). The van der Waals surface area contributed by atoms with Gasteiger partial charge in [0.15, 0.2) is 0 Å². The summed E-state index contributed by atoms with van der Waals surface area (Å²) in [4.78, 5) is 24.4. The van der Waals surface area contributed by atoms with Gasteiger partial charge in [0.1, 0.15) is 11.1 Å². The van der Waals surface area contributed by atoms with E-state index in [1.807, 2.05) is 30.3 Å². The third kappa shape index (κ3) is 7.85. The van der Waals surface area contributed by atoms with Gasteiger partial charge < -0.3 is 45.1 Å². The van der Waals surface area contributed by atoms with Gasteiger partial charge in [-0.05, 0) is 27.2 Å². The molecule has 0 aliphatic rings. The number of ether oxygens (including phenoxy) is 2. The topological polar surface area (TPSA) is 64.6 Å². The van der Waals surface area contributed by atoms with E-state index in [1.165, 1.54) is 7.11 Å². The largest absolute Gasteiger partial charge is 0.748 e. The molecule has 0 aliphatic carbocycles. The molecule has 154 valence electrons. The predicted molar refractivity (Wildman–Crippen MR) is 102 cm³/mol. The van der Waals surface area contributed by atoms with E-state index in [9.17, 15) is 9.59 Å². The van der Waals surface area contributed by atoms with Crippen molar-refractivity contribution >= 4 is 12.1 Å². The van der Waals surface area contributed by atoms with Gasteiger partial charge in [-0.2, -0.15) is 12.1 Å². The fraction of sp³-hybridized carbons (Fsp3) is 0.333. The monoisotopic (exact) mass is 413 g/mol. The minimum Gasteiger partial charge on any atom is -0.748 e. The normalized spacial score (nSPS) is 12.3. The molecule has 0 saturated carbocycles. The maximum Gasteiger partial charge on any atom is 0.408 e. The number of hydrogen-bond acceptors (Lipinski definition) is 4. The van der Waals surface area contributed by atoms with Crippen LogP contribution in [0.2, 0.25) is 0 Å². The SMILES string of the molecule is C=CCC(NC(=O)OC(C)(C)C)(C(=O)OC)[c-]1cccc1.[Fe].[cH-]1[cH-][cH-][cH-][cH-]1. The van der Waals surface area contributed by atoms with Gasteiger partial charge in [0, 0.05) is 17.1 Å². The van der Waals surface area contributed by atoms with Gasteiger partial charge in [-0.15, -0.1) is 12.1 Å². The molecular weight excluding hydrogens is 386 g/mol. The van der Waals surface area contributed by atoms with Crippen molar-refractivity contribution in [1.82, 2.24) is 5.32 Å². The van der Waals surface area contributed by atoms with Crippen molar-refractivity contribution in [1.29, 1.82) is 0 Å². The van der Waals surface area contributed by atoms with E-state index in [-0.39, 0.29) is 23.5 Å². The Morgan fingerprint density at radius 2 is 1.59 bits per heavy atom. The fourth-order valence-electron chi connectivity index (χ4n) is 2.34. The van der Waals surface area contributed by atoms with Crippen molar-refractivity contribution in [2.75, 3.05) is 7.11 Å². The molecule has 0 aliphatic heterocycles. The van der Waals surface area contributed by atoms with Gasteiger partial charge in [0.2, 0.25) is 0 Å². The zero-order valence-corrected chi connectivity index (χ0v) is 17.3. The van der Waals surface area contributed by atoms with Crippen LogP contribution >= 0.6 is 0 Å². The van der Waals surface area contributed by atoms with Crippen LogP contribution in [0.15, 0.2) is 67.3 Å². The quantitative estimate of drug-likeness (QED) is 0.344. The Labute approximate surface area is 171 Å². The number of methoxy groups -OCH3 is 1. The molecule has 1 N–H and O–H groups in total. The number of nitrogens with one attached hydrogen (secondary N) is 1. The van der Waals surface area contributed by atoms with Crippen LogP contribution in [-0.4, -0.2) is 24.8 Å². The average molecular weight is 413 g/mol. The van der Waals surface area contributed by atoms with Crippen molar-refractivity contribution in [3.05, 3.63) is 72.8 Å². The first-order valence-electron chi connectivity index (χ1n) is 8.34. The molecule has 1 atom stereocenters. The van der Waals surface area contributed by atoms with Crippen LogP contribution in [0, 0.1) is 0 Å². The first-order valence-corrected chi connectivity index (χ1v) is 8.34. The van der Waals surface area contributed by atoms with Crippen LogP contribution in [0.4, 0.5) is 4.79 Å². The molecule has 0 saturated heterocycles. The zero-order valence-electron chi connectivity index (χ0n) is 16.2. The van der Waals surface area contributed by atoms with Gasteiger partial charge in [-0.1, -0.05) is 6.08 Å². The number of alkyl carbamates (subject to hydrolysis) is 1.